The summed E-state index contributed by atoms with van der Waals surface area (Å²) in [5.41, 5.74) is 4.92. The van der Waals surface area contributed by atoms with Gasteiger partial charge in [-0.25, -0.2) is 0 Å². The van der Waals surface area contributed by atoms with Crippen LogP contribution in [-0.2, 0) is 19.1 Å². The van der Waals surface area contributed by atoms with Gasteiger partial charge in [0.2, 0.25) is 5.91 Å². The fourth-order valence-electron chi connectivity index (χ4n) is 1.67. The van der Waals surface area contributed by atoms with Gasteiger partial charge in [0, 0.05) is 7.11 Å². The van der Waals surface area contributed by atoms with Crippen molar-refractivity contribution in [3.05, 3.63) is 0 Å². The summed E-state index contributed by atoms with van der Waals surface area (Å²) in [7, 11) is 2.81. The van der Waals surface area contributed by atoms with Gasteiger partial charge >= 0.3 is 5.97 Å². The van der Waals surface area contributed by atoms with Crippen molar-refractivity contribution in [1.29, 1.82) is 0 Å². The SMILES string of the molecule is CCCC(N)C(=O)NC(C)(COC)CC(=O)OC. The van der Waals surface area contributed by atoms with Gasteiger partial charge in [-0.15, -0.1) is 0 Å². The van der Waals surface area contributed by atoms with Gasteiger partial charge in [-0.2, -0.15) is 0 Å². The number of rotatable bonds is 8. The van der Waals surface area contributed by atoms with E-state index in [4.69, 9.17) is 10.5 Å². The zero-order chi connectivity index (χ0) is 14.2. The van der Waals surface area contributed by atoms with Gasteiger partial charge in [-0.05, 0) is 13.3 Å². The van der Waals surface area contributed by atoms with Gasteiger partial charge < -0.3 is 20.5 Å². The van der Waals surface area contributed by atoms with Gasteiger partial charge in [0.15, 0.2) is 0 Å². The van der Waals surface area contributed by atoms with E-state index in [2.05, 4.69) is 10.1 Å². The number of carbonyl (C=O) groups is 2. The number of methoxy groups -OCH3 is 2. The normalized spacial score (nSPS) is 15.6. The molecule has 106 valence electrons. The smallest absolute Gasteiger partial charge is 0.307 e. The van der Waals surface area contributed by atoms with Crippen molar-refractivity contribution in [3.63, 3.8) is 0 Å². The minimum Gasteiger partial charge on any atom is -0.469 e. The number of nitrogens with two attached hydrogens (primary N) is 1. The molecule has 6 nitrogen and oxygen atoms in total. The monoisotopic (exact) mass is 260 g/mol. The molecule has 0 aliphatic carbocycles. The Kier molecular flexibility index (Phi) is 7.54. The van der Waals surface area contributed by atoms with E-state index in [-0.39, 0.29) is 18.9 Å². The Hall–Kier alpha value is -1.14. The molecule has 0 aliphatic rings. The minimum absolute atomic E-state index is 0.0436. The Morgan fingerprint density at radius 3 is 2.44 bits per heavy atom. The van der Waals surface area contributed by atoms with Crippen LogP contribution in [0.15, 0.2) is 0 Å². The number of esters is 1. The minimum atomic E-state index is -0.801. The predicted molar refractivity (Wildman–Crippen MR) is 67.9 cm³/mol. The van der Waals surface area contributed by atoms with Gasteiger partial charge in [0.1, 0.15) is 0 Å². The first kappa shape index (κ1) is 16.9. The number of nitrogens with one attached hydrogen (secondary N) is 1. The molecule has 2 unspecified atom stereocenters. The summed E-state index contributed by atoms with van der Waals surface area (Å²) >= 11 is 0. The lowest BCUT2D eigenvalue weighted by Crippen LogP contribution is -2.55. The molecule has 18 heavy (non-hydrogen) atoms. The van der Waals surface area contributed by atoms with E-state index in [9.17, 15) is 9.59 Å². The van der Waals surface area contributed by atoms with Crippen molar-refractivity contribution >= 4 is 11.9 Å². The molecule has 0 aliphatic heterocycles. The van der Waals surface area contributed by atoms with E-state index in [1.54, 1.807) is 6.92 Å². The molecule has 0 aromatic rings. The van der Waals surface area contributed by atoms with Crippen LogP contribution in [0.25, 0.3) is 0 Å². The quantitative estimate of drug-likeness (QED) is 0.608. The number of carbonyl (C=O) groups excluding carboxylic acids is 2. The third-order valence-electron chi connectivity index (χ3n) is 2.59. The molecule has 6 heteroatoms. The van der Waals surface area contributed by atoms with Crippen LogP contribution in [-0.4, -0.2) is 44.3 Å². The lowest BCUT2D eigenvalue weighted by atomic mass is 9.98. The van der Waals surface area contributed by atoms with Crippen molar-refractivity contribution < 1.29 is 19.1 Å². The Morgan fingerprint density at radius 2 is 2.00 bits per heavy atom. The zero-order valence-electron chi connectivity index (χ0n) is 11.6. The highest BCUT2D eigenvalue weighted by molar-refractivity contribution is 5.83. The van der Waals surface area contributed by atoms with Crippen LogP contribution in [0.2, 0.25) is 0 Å². The first-order valence-electron chi connectivity index (χ1n) is 6.02. The van der Waals surface area contributed by atoms with E-state index in [1.807, 2.05) is 6.92 Å². The molecule has 0 fully saturated rings. The van der Waals surface area contributed by atoms with E-state index in [1.165, 1.54) is 14.2 Å². The average molecular weight is 260 g/mol. The van der Waals surface area contributed by atoms with Crippen LogP contribution in [0, 0.1) is 0 Å². The number of ether oxygens (including phenoxy) is 2. The van der Waals surface area contributed by atoms with Crippen molar-refractivity contribution in [2.75, 3.05) is 20.8 Å². The van der Waals surface area contributed by atoms with E-state index < -0.39 is 17.6 Å². The second-order valence-electron chi connectivity index (χ2n) is 4.63. The third kappa shape index (κ3) is 5.97. The van der Waals surface area contributed by atoms with Crippen LogP contribution in [0.4, 0.5) is 0 Å². The molecular formula is C12H24N2O4. The van der Waals surface area contributed by atoms with Crippen molar-refractivity contribution in [3.8, 4) is 0 Å². The van der Waals surface area contributed by atoms with E-state index >= 15 is 0 Å². The standard InChI is InChI=1S/C12H24N2O4/c1-5-6-9(13)11(16)14-12(2,8-17-3)7-10(15)18-4/h9H,5-8,13H2,1-4H3,(H,14,16). The highest BCUT2D eigenvalue weighted by Crippen LogP contribution is 2.12. The molecular weight excluding hydrogens is 236 g/mol. The molecule has 0 aromatic carbocycles. The highest BCUT2D eigenvalue weighted by Gasteiger charge is 2.31. The summed E-state index contributed by atoms with van der Waals surface area (Å²) in [5, 5.41) is 2.75. The largest absolute Gasteiger partial charge is 0.469 e. The fourth-order valence-corrected chi connectivity index (χ4v) is 1.67. The first-order chi connectivity index (χ1) is 8.38. The topological polar surface area (TPSA) is 90.7 Å². The maximum atomic E-state index is 11.8. The Bertz CT molecular complexity index is 283. The van der Waals surface area contributed by atoms with Crippen molar-refractivity contribution in [2.24, 2.45) is 5.73 Å². The maximum Gasteiger partial charge on any atom is 0.307 e. The van der Waals surface area contributed by atoms with Crippen LogP contribution >= 0.6 is 0 Å². The summed E-state index contributed by atoms with van der Waals surface area (Å²) in [5.74, 6) is -0.681. The Labute approximate surface area is 108 Å². The number of hydrogen-bond acceptors (Lipinski definition) is 5. The third-order valence-corrected chi connectivity index (χ3v) is 2.59. The molecule has 0 saturated heterocycles. The summed E-state index contributed by atoms with van der Waals surface area (Å²) in [4.78, 5) is 23.2. The molecule has 1 amide bonds. The highest BCUT2D eigenvalue weighted by atomic mass is 16.5. The first-order valence-corrected chi connectivity index (χ1v) is 6.02. The van der Waals surface area contributed by atoms with E-state index in [0.717, 1.165) is 6.42 Å². The maximum absolute atomic E-state index is 11.8. The number of amides is 1. The summed E-state index contributed by atoms with van der Waals surface area (Å²) in [6.07, 6.45) is 1.47. The summed E-state index contributed by atoms with van der Waals surface area (Å²) < 4.78 is 9.63. The lowest BCUT2D eigenvalue weighted by Gasteiger charge is -2.30. The second kappa shape index (κ2) is 8.05. The second-order valence-corrected chi connectivity index (χ2v) is 4.63. The molecule has 0 heterocycles. The molecule has 3 N–H and O–H groups in total. The van der Waals surface area contributed by atoms with Crippen LogP contribution in [0.3, 0.4) is 0 Å². The average Bonchev–Trinajstić information content (AvgIpc) is 2.28. The van der Waals surface area contributed by atoms with Crippen LogP contribution < -0.4 is 11.1 Å². The van der Waals surface area contributed by atoms with E-state index in [0.29, 0.717) is 6.42 Å². The molecule has 0 saturated carbocycles. The predicted octanol–water partition coefficient (Wildman–Crippen LogP) is 0.198. The molecule has 0 spiro atoms. The Balaban J connectivity index is 4.59. The van der Waals surface area contributed by atoms with Gasteiger partial charge in [0.05, 0.1) is 31.7 Å². The lowest BCUT2D eigenvalue weighted by molar-refractivity contribution is -0.143. The summed E-state index contributed by atoms with van der Waals surface area (Å²) in [6, 6.07) is -0.566. The zero-order valence-corrected chi connectivity index (χ0v) is 11.6. The number of hydrogen-bond donors (Lipinski definition) is 2. The van der Waals surface area contributed by atoms with Gasteiger partial charge in [-0.1, -0.05) is 13.3 Å². The summed E-state index contributed by atoms with van der Waals surface area (Å²) in [6.45, 7) is 3.90. The molecule has 0 radical (unpaired) electrons. The Morgan fingerprint density at radius 1 is 1.39 bits per heavy atom. The molecule has 2 atom stereocenters. The fraction of sp³-hybridized carbons (Fsp3) is 0.833. The van der Waals surface area contributed by atoms with Crippen LogP contribution in [0.1, 0.15) is 33.1 Å². The molecule has 0 rings (SSSR count). The molecule has 0 bridgehead atoms. The van der Waals surface area contributed by atoms with Gasteiger partial charge in [0.25, 0.3) is 0 Å². The van der Waals surface area contributed by atoms with Gasteiger partial charge in [-0.3, -0.25) is 9.59 Å². The van der Waals surface area contributed by atoms with Crippen molar-refractivity contribution in [2.45, 2.75) is 44.7 Å². The van der Waals surface area contributed by atoms with Crippen molar-refractivity contribution in [1.82, 2.24) is 5.32 Å². The van der Waals surface area contributed by atoms with Crippen LogP contribution in [0.5, 0.6) is 0 Å². The molecule has 0 aromatic heterocycles.